The number of fused-ring (bicyclic) bond motifs is 5. The van der Waals surface area contributed by atoms with E-state index in [0.717, 1.165) is 62.3 Å². The maximum Gasteiger partial charge on any atom is 0.331 e. The van der Waals surface area contributed by atoms with E-state index in [4.69, 9.17) is 4.74 Å². The Morgan fingerprint density at radius 3 is 2.52 bits per heavy atom. The summed E-state index contributed by atoms with van der Waals surface area (Å²) in [6.45, 7) is 6.56. The monoisotopic (exact) mass is 448 g/mol. The Morgan fingerprint density at radius 1 is 1.06 bits per heavy atom. The Labute approximate surface area is 189 Å². The molecule has 0 aromatic rings. The van der Waals surface area contributed by atoms with Gasteiger partial charge in [-0.25, -0.2) is 4.79 Å². The van der Waals surface area contributed by atoms with Crippen LogP contribution in [0.4, 0.5) is 0 Å². The summed E-state index contributed by atoms with van der Waals surface area (Å²) in [5.41, 5.74) is 0.263. The van der Waals surface area contributed by atoms with E-state index in [1.54, 1.807) is 13.0 Å². The molecule has 1 heterocycles. The molecule has 8 atom stereocenters. The van der Waals surface area contributed by atoms with Crippen LogP contribution in [0.3, 0.4) is 0 Å². The lowest BCUT2D eigenvalue weighted by Gasteiger charge is -2.64. The Balaban J connectivity index is 1.41. The van der Waals surface area contributed by atoms with Gasteiger partial charge in [-0.2, -0.15) is 0 Å². The number of aliphatic hydroxyl groups is 2. The number of ether oxygens (including phenoxy) is 1. The van der Waals surface area contributed by atoms with Crippen LogP contribution in [0.5, 0.6) is 0 Å². The highest BCUT2D eigenvalue weighted by Gasteiger charge is 2.68. The standard InChI is InChI=1S/C25H36O5S/c1-15(26)31-24(28)11-10-22(2)17(13-24)4-5-20-19(22)6-8-23(3)18(7-9-25(20,23)29)16-12-21(27)30-14-16/h12,17-20,28-29H,4-11,13-14H2,1-3H3/t17-,18-,19+,20-,22+,23-,24+,25+/m1/s1. The van der Waals surface area contributed by atoms with Crippen LogP contribution < -0.4 is 0 Å². The fourth-order valence-corrected chi connectivity index (χ4v) is 9.75. The maximum absolute atomic E-state index is 12.2. The molecule has 5 rings (SSSR count). The average Bonchev–Trinajstić information content (AvgIpc) is 3.22. The van der Waals surface area contributed by atoms with Crippen LogP contribution >= 0.6 is 11.8 Å². The molecule has 1 aliphatic heterocycles. The first-order valence-corrected chi connectivity index (χ1v) is 12.8. The van der Waals surface area contributed by atoms with E-state index in [1.807, 2.05) is 0 Å². The van der Waals surface area contributed by atoms with Gasteiger partial charge < -0.3 is 14.9 Å². The van der Waals surface area contributed by atoms with Crippen molar-refractivity contribution in [1.29, 1.82) is 0 Å². The maximum atomic E-state index is 12.2. The van der Waals surface area contributed by atoms with Crippen molar-refractivity contribution in [2.24, 2.45) is 34.5 Å². The van der Waals surface area contributed by atoms with Gasteiger partial charge in [-0.15, -0.1) is 0 Å². The molecule has 0 unspecified atom stereocenters. The highest BCUT2D eigenvalue weighted by molar-refractivity contribution is 8.14. The second-order valence-electron chi connectivity index (χ2n) is 11.5. The van der Waals surface area contributed by atoms with Crippen molar-refractivity contribution < 1.29 is 24.5 Å². The van der Waals surface area contributed by atoms with Gasteiger partial charge in [-0.05, 0) is 92.4 Å². The van der Waals surface area contributed by atoms with E-state index >= 15 is 0 Å². The Hall–Kier alpha value is -0.850. The van der Waals surface area contributed by atoms with Gasteiger partial charge in [-0.3, -0.25) is 4.79 Å². The molecule has 4 aliphatic carbocycles. The zero-order valence-electron chi connectivity index (χ0n) is 19.0. The molecule has 0 saturated heterocycles. The highest BCUT2D eigenvalue weighted by Crippen LogP contribution is 2.70. The molecule has 5 nitrogen and oxygen atoms in total. The minimum Gasteiger partial charge on any atom is -0.458 e. The van der Waals surface area contributed by atoms with Crippen LogP contribution in [0, 0.1) is 34.5 Å². The molecule has 0 amide bonds. The first kappa shape index (κ1) is 22.0. The molecule has 31 heavy (non-hydrogen) atoms. The fourth-order valence-electron chi connectivity index (χ4n) is 8.72. The third-order valence-corrected chi connectivity index (χ3v) is 11.4. The molecule has 0 bridgehead atoms. The average molecular weight is 449 g/mol. The molecule has 4 fully saturated rings. The number of carbonyl (C=O) groups excluding carboxylic acids is 2. The summed E-state index contributed by atoms with van der Waals surface area (Å²) in [5, 5.41) is 23.3. The van der Waals surface area contributed by atoms with Gasteiger partial charge in [0, 0.05) is 18.4 Å². The van der Waals surface area contributed by atoms with Gasteiger partial charge in [-0.1, -0.05) is 25.6 Å². The fraction of sp³-hybridized carbons (Fsp3) is 0.840. The Morgan fingerprint density at radius 2 is 1.84 bits per heavy atom. The lowest BCUT2D eigenvalue weighted by molar-refractivity contribution is -0.209. The predicted molar refractivity (Wildman–Crippen MR) is 119 cm³/mol. The number of hydrogen-bond acceptors (Lipinski definition) is 6. The molecule has 0 aromatic carbocycles. The van der Waals surface area contributed by atoms with E-state index < -0.39 is 10.5 Å². The van der Waals surface area contributed by atoms with Crippen molar-refractivity contribution >= 4 is 22.8 Å². The summed E-state index contributed by atoms with van der Waals surface area (Å²) in [5.74, 6) is 1.09. The van der Waals surface area contributed by atoms with Crippen LogP contribution in [-0.4, -0.2) is 38.4 Å². The van der Waals surface area contributed by atoms with Gasteiger partial charge in [0.15, 0.2) is 5.12 Å². The summed E-state index contributed by atoms with van der Waals surface area (Å²) in [4.78, 5) is 22.5. The van der Waals surface area contributed by atoms with Crippen LogP contribution in [0.25, 0.3) is 0 Å². The zero-order valence-corrected chi connectivity index (χ0v) is 19.8. The third-order valence-electron chi connectivity index (χ3n) is 10.3. The lowest BCUT2D eigenvalue weighted by atomic mass is 9.43. The minimum absolute atomic E-state index is 0.0109. The SMILES string of the molecule is CC(=O)S[C@@]1(O)CC[C@@]2(C)[C@H](CC[C@@H]3[C@@H]2CC[C@]2(C)[C@@H](C4=CC(=O)OC4)CC[C@]32O)C1. The first-order valence-electron chi connectivity index (χ1n) is 12.0. The summed E-state index contributed by atoms with van der Waals surface area (Å²) >= 11 is 1.11. The second kappa shape index (κ2) is 7.07. The zero-order chi connectivity index (χ0) is 22.2. The van der Waals surface area contributed by atoms with E-state index in [-0.39, 0.29) is 33.8 Å². The topological polar surface area (TPSA) is 83.8 Å². The summed E-state index contributed by atoms with van der Waals surface area (Å²) in [6, 6.07) is 0. The van der Waals surface area contributed by atoms with Crippen molar-refractivity contribution in [3.05, 3.63) is 11.6 Å². The number of thioether (sulfide) groups is 1. The highest BCUT2D eigenvalue weighted by atomic mass is 32.2. The molecular formula is C25H36O5S. The number of hydrogen-bond donors (Lipinski definition) is 2. The quantitative estimate of drug-likeness (QED) is 0.486. The smallest absolute Gasteiger partial charge is 0.331 e. The summed E-state index contributed by atoms with van der Waals surface area (Å²) < 4.78 is 5.21. The largest absolute Gasteiger partial charge is 0.458 e. The molecule has 2 N–H and O–H groups in total. The van der Waals surface area contributed by atoms with E-state index in [2.05, 4.69) is 13.8 Å². The van der Waals surface area contributed by atoms with E-state index in [0.29, 0.717) is 31.3 Å². The second-order valence-corrected chi connectivity index (χ2v) is 13.1. The van der Waals surface area contributed by atoms with Gasteiger partial charge >= 0.3 is 5.97 Å². The number of rotatable bonds is 2. The summed E-state index contributed by atoms with van der Waals surface area (Å²) in [7, 11) is 0. The van der Waals surface area contributed by atoms with E-state index in [1.165, 1.54) is 0 Å². The summed E-state index contributed by atoms with van der Waals surface area (Å²) in [6.07, 6.45) is 9.69. The van der Waals surface area contributed by atoms with E-state index in [9.17, 15) is 19.8 Å². The van der Waals surface area contributed by atoms with Crippen molar-refractivity contribution in [2.75, 3.05) is 6.61 Å². The predicted octanol–water partition coefficient (Wildman–Crippen LogP) is 4.21. The van der Waals surface area contributed by atoms with Crippen molar-refractivity contribution in [3.63, 3.8) is 0 Å². The normalized spacial score (nSPS) is 51.4. The molecule has 172 valence electrons. The minimum atomic E-state index is -0.928. The third kappa shape index (κ3) is 3.11. The molecule has 6 heteroatoms. The van der Waals surface area contributed by atoms with Gasteiger partial charge in [0.05, 0.1) is 5.60 Å². The lowest BCUT2D eigenvalue weighted by Crippen LogP contribution is -2.62. The van der Waals surface area contributed by atoms with Crippen LogP contribution in [0.15, 0.2) is 11.6 Å². The van der Waals surface area contributed by atoms with Crippen molar-refractivity contribution in [3.8, 4) is 0 Å². The molecule has 5 aliphatic rings. The van der Waals surface area contributed by atoms with Crippen LogP contribution in [0.2, 0.25) is 0 Å². The molecular weight excluding hydrogens is 412 g/mol. The van der Waals surface area contributed by atoms with Crippen LogP contribution in [-0.2, 0) is 14.3 Å². The van der Waals surface area contributed by atoms with Crippen LogP contribution in [0.1, 0.15) is 78.6 Å². The molecule has 0 spiro atoms. The van der Waals surface area contributed by atoms with Gasteiger partial charge in [0.1, 0.15) is 11.5 Å². The van der Waals surface area contributed by atoms with Gasteiger partial charge in [0.25, 0.3) is 0 Å². The van der Waals surface area contributed by atoms with Crippen molar-refractivity contribution in [1.82, 2.24) is 0 Å². The number of cyclic esters (lactones) is 1. The molecule has 4 saturated carbocycles. The Bertz CT molecular complexity index is 840. The molecule has 0 aromatic heterocycles. The number of esters is 1. The first-order chi connectivity index (χ1) is 14.5. The number of carbonyl (C=O) groups is 2. The molecule has 0 radical (unpaired) electrons. The van der Waals surface area contributed by atoms with Gasteiger partial charge in [0.2, 0.25) is 0 Å². The van der Waals surface area contributed by atoms with Crippen molar-refractivity contribution in [2.45, 2.75) is 89.1 Å². The Kier molecular flexibility index (Phi) is 5.01.